The Labute approximate surface area is 178 Å². The first-order valence-corrected chi connectivity index (χ1v) is 10.8. The summed E-state index contributed by atoms with van der Waals surface area (Å²) in [5.41, 5.74) is 2.67. The number of carbonyl (C=O) groups is 1. The van der Waals surface area contributed by atoms with Gasteiger partial charge in [-0.25, -0.2) is 4.98 Å². The summed E-state index contributed by atoms with van der Waals surface area (Å²) in [6, 6.07) is 16.1. The SMILES string of the molecule is O=C(NCc1ccc2c(c1)OCO2)c1csc(N2CCN(c3ccccc3)CC2)n1. The molecule has 7 nitrogen and oxygen atoms in total. The van der Waals surface area contributed by atoms with Gasteiger partial charge in [-0.05, 0) is 29.8 Å². The molecule has 3 aromatic rings. The molecule has 2 aliphatic heterocycles. The fourth-order valence-corrected chi connectivity index (χ4v) is 4.49. The van der Waals surface area contributed by atoms with Crippen molar-refractivity contribution >= 4 is 28.1 Å². The lowest BCUT2D eigenvalue weighted by atomic mass is 10.2. The molecule has 0 spiro atoms. The molecule has 8 heteroatoms. The molecule has 2 aliphatic rings. The van der Waals surface area contributed by atoms with E-state index >= 15 is 0 Å². The van der Waals surface area contributed by atoms with Gasteiger partial charge in [0, 0.05) is 43.8 Å². The highest BCUT2D eigenvalue weighted by molar-refractivity contribution is 7.13. The Balaban J connectivity index is 1.16. The largest absolute Gasteiger partial charge is 0.454 e. The standard InChI is InChI=1S/C22H22N4O3S/c27-21(23-13-16-6-7-19-20(12-16)29-15-28-19)18-14-30-22(24-18)26-10-8-25(9-11-26)17-4-2-1-3-5-17/h1-7,12,14H,8-11,13,15H2,(H,23,27). The van der Waals surface area contributed by atoms with E-state index in [0.717, 1.165) is 42.6 Å². The molecule has 1 amide bonds. The third-order valence-corrected chi connectivity index (χ3v) is 6.19. The van der Waals surface area contributed by atoms with Crippen molar-refractivity contribution in [3.8, 4) is 11.5 Å². The fraction of sp³-hybridized carbons (Fsp3) is 0.273. The molecule has 0 atom stereocenters. The van der Waals surface area contributed by atoms with E-state index in [1.165, 1.54) is 17.0 Å². The van der Waals surface area contributed by atoms with Crippen LogP contribution in [0, 0.1) is 0 Å². The number of thiazole rings is 1. The second-order valence-electron chi connectivity index (χ2n) is 7.20. The van der Waals surface area contributed by atoms with Gasteiger partial charge in [-0.1, -0.05) is 24.3 Å². The summed E-state index contributed by atoms with van der Waals surface area (Å²) < 4.78 is 10.7. The molecule has 0 radical (unpaired) electrons. The summed E-state index contributed by atoms with van der Waals surface area (Å²) in [6.07, 6.45) is 0. The van der Waals surface area contributed by atoms with E-state index in [-0.39, 0.29) is 12.7 Å². The van der Waals surface area contributed by atoms with Crippen molar-refractivity contribution in [3.63, 3.8) is 0 Å². The van der Waals surface area contributed by atoms with E-state index in [9.17, 15) is 4.79 Å². The zero-order valence-corrected chi connectivity index (χ0v) is 17.2. The normalized spacial score (nSPS) is 15.3. The number of aromatic nitrogens is 1. The summed E-state index contributed by atoms with van der Waals surface area (Å²) in [4.78, 5) is 21.7. The Morgan fingerprint density at radius 1 is 1.00 bits per heavy atom. The number of carbonyl (C=O) groups excluding carboxylic acids is 1. The van der Waals surface area contributed by atoms with Gasteiger partial charge in [0.2, 0.25) is 6.79 Å². The van der Waals surface area contributed by atoms with Gasteiger partial charge in [0.25, 0.3) is 5.91 Å². The molecule has 3 heterocycles. The number of ether oxygens (including phenoxy) is 2. The van der Waals surface area contributed by atoms with Gasteiger partial charge >= 0.3 is 0 Å². The van der Waals surface area contributed by atoms with Gasteiger partial charge in [-0.15, -0.1) is 11.3 Å². The number of nitrogens with zero attached hydrogens (tertiary/aromatic N) is 3. The van der Waals surface area contributed by atoms with E-state index in [2.05, 4.69) is 44.4 Å². The Kier molecular flexibility index (Phi) is 5.15. The highest BCUT2D eigenvalue weighted by Crippen LogP contribution is 2.32. The van der Waals surface area contributed by atoms with Crippen molar-refractivity contribution in [1.82, 2.24) is 10.3 Å². The Bertz CT molecular complexity index is 1030. The minimum Gasteiger partial charge on any atom is -0.454 e. The summed E-state index contributed by atoms with van der Waals surface area (Å²) >= 11 is 1.52. The molecule has 1 saturated heterocycles. The van der Waals surface area contributed by atoms with Crippen molar-refractivity contribution in [2.24, 2.45) is 0 Å². The summed E-state index contributed by atoms with van der Waals surface area (Å²) in [5, 5.41) is 5.66. The number of amides is 1. The van der Waals surface area contributed by atoms with Crippen LogP contribution in [-0.4, -0.2) is 43.9 Å². The van der Waals surface area contributed by atoms with E-state index in [4.69, 9.17) is 9.47 Å². The average molecular weight is 423 g/mol. The monoisotopic (exact) mass is 422 g/mol. The van der Waals surface area contributed by atoms with Crippen LogP contribution < -0.4 is 24.6 Å². The van der Waals surface area contributed by atoms with Gasteiger partial charge < -0.3 is 24.6 Å². The number of benzene rings is 2. The number of fused-ring (bicyclic) bond motifs is 1. The number of nitrogens with one attached hydrogen (secondary N) is 1. The van der Waals surface area contributed by atoms with Crippen LogP contribution in [0.5, 0.6) is 11.5 Å². The second-order valence-corrected chi connectivity index (χ2v) is 8.03. The Morgan fingerprint density at radius 3 is 2.60 bits per heavy atom. The molecule has 30 heavy (non-hydrogen) atoms. The number of piperazine rings is 1. The van der Waals surface area contributed by atoms with E-state index < -0.39 is 0 Å². The smallest absolute Gasteiger partial charge is 0.271 e. The molecule has 1 N–H and O–H groups in total. The molecule has 1 fully saturated rings. The van der Waals surface area contributed by atoms with E-state index in [1.54, 1.807) is 0 Å². The van der Waals surface area contributed by atoms with Crippen molar-refractivity contribution in [3.05, 3.63) is 65.2 Å². The molecule has 0 bridgehead atoms. The number of para-hydroxylation sites is 1. The van der Waals surface area contributed by atoms with E-state index in [0.29, 0.717) is 18.0 Å². The van der Waals surface area contributed by atoms with Crippen LogP contribution in [0.25, 0.3) is 0 Å². The van der Waals surface area contributed by atoms with Crippen LogP contribution in [0.1, 0.15) is 16.1 Å². The zero-order valence-electron chi connectivity index (χ0n) is 16.4. The van der Waals surface area contributed by atoms with Crippen molar-refractivity contribution in [2.45, 2.75) is 6.54 Å². The number of anilines is 2. The highest BCUT2D eigenvalue weighted by atomic mass is 32.1. The van der Waals surface area contributed by atoms with Gasteiger partial charge in [0.15, 0.2) is 16.6 Å². The zero-order chi connectivity index (χ0) is 20.3. The van der Waals surface area contributed by atoms with Gasteiger partial charge in [-0.3, -0.25) is 4.79 Å². The molecule has 0 aliphatic carbocycles. The Morgan fingerprint density at radius 2 is 1.77 bits per heavy atom. The molecule has 1 aromatic heterocycles. The first-order valence-electron chi connectivity index (χ1n) is 9.93. The van der Waals surface area contributed by atoms with Crippen LogP contribution in [0.4, 0.5) is 10.8 Å². The maximum atomic E-state index is 12.5. The molecule has 154 valence electrons. The molecule has 0 unspecified atom stereocenters. The summed E-state index contributed by atoms with van der Waals surface area (Å²) in [5.74, 6) is 1.28. The number of rotatable bonds is 5. The summed E-state index contributed by atoms with van der Waals surface area (Å²) in [6.45, 7) is 4.32. The lowest BCUT2D eigenvalue weighted by molar-refractivity contribution is 0.0946. The quantitative estimate of drug-likeness (QED) is 0.682. The lowest BCUT2D eigenvalue weighted by Crippen LogP contribution is -2.46. The maximum absolute atomic E-state index is 12.5. The lowest BCUT2D eigenvalue weighted by Gasteiger charge is -2.35. The molecule has 5 rings (SSSR count). The van der Waals surface area contributed by atoms with Crippen LogP contribution in [0.3, 0.4) is 0 Å². The third-order valence-electron chi connectivity index (χ3n) is 5.29. The topological polar surface area (TPSA) is 66.9 Å². The van der Waals surface area contributed by atoms with Crippen LogP contribution in [0.2, 0.25) is 0 Å². The van der Waals surface area contributed by atoms with Crippen molar-refractivity contribution in [2.75, 3.05) is 42.8 Å². The average Bonchev–Trinajstić information content (AvgIpc) is 3.48. The summed E-state index contributed by atoms with van der Waals surface area (Å²) in [7, 11) is 0. The first kappa shape index (κ1) is 18.7. The molecule has 2 aromatic carbocycles. The first-order chi connectivity index (χ1) is 14.8. The third kappa shape index (κ3) is 3.91. The predicted molar refractivity (Wildman–Crippen MR) is 117 cm³/mol. The van der Waals surface area contributed by atoms with Crippen LogP contribution in [0.15, 0.2) is 53.9 Å². The van der Waals surface area contributed by atoms with E-state index in [1.807, 2.05) is 29.6 Å². The van der Waals surface area contributed by atoms with Gasteiger partial charge in [0.05, 0.1) is 0 Å². The van der Waals surface area contributed by atoms with Crippen molar-refractivity contribution in [1.29, 1.82) is 0 Å². The Hall–Kier alpha value is -3.26. The second kappa shape index (κ2) is 8.23. The minimum atomic E-state index is -0.168. The minimum absolute atomic E-state index is 0.168. The molecular formula is C22H22N4O3S. The van der Waals surface area contributed by atoms with Gasteiger partial charge in [-0.2, -0.15) is 0 Å². The number of hydrogen-bond donors (Lipinski definition) is 1. The van der Waals surface area contributed by atoms with Crippen LogP contribution >= 0.6 is 11.3 Å². The van der Waals surface area contributed by atoms with Crippen LogP contribution in [-0.2, 0) is 6.54 Å². The van der Waals surface area contributed by atoms with Gasteiger partial charge in [0.1, 0.15) is 5.69 Å². The fourth-order valence-electron chi connectivity index (χ4n) is 3.63. The molecule has 0 saturated carbocycles. The molecular weight excluding hydrogens is 400 g/mol. The predicted octanol–water partition coefficient (Wildman–Crippen LogP) is 3.13. The number of hydrogen-bond acceptors (Lipinski definition) is 7. The van der Waals surface area contributed by atoms with Crippen molar-refractivity contribution < 1.29 is 14.3 Å². The maximum Gasteiger partial charge on any atom is 0.271 e. The highest BCUT2D eigenvalue weighted by Gasteiger charge is 2.21.